The van der Waals surface area contributed by atoms with Gasteiger partial charge in [-0.05, 0) is 35.7 Å². The second-order valence-electron chi connectivity index (χ2n) is 6.54. The standard InChI is InChI=1S/C24H22N2O2/c1-18(20-14-12-19(16-25)13-15-20)26-23(27)17-28-24(21-8-4-2-5-9-21)22-10-6-3-7-11-22/h2-15,18,24H,17H2,1H3,(H,26,27). The van der Waals surface area contributed by atoms with Crippen LogP contribution in [-0.2, 0) is 9.53 Å². The summed E-state index contributed by atoms with van der Waals surface area (Å²) in [7, 11) is 0. The van der Waals surface area contributed by atoms with E-state index in [4.69, 9.17) is 10.00 Å². The van der Waals surface area contributed by atoms with Crippen molar-refractivity contribution < 1.29 is 9.53 Å². The number of hydrogen-bond donors (Lipinski definition) is 1. The molecule has 0 saturated carbocycles. The van der Waals surface area contributed by atoms with Crippen molar-refractivity contribution in [1.29, 1.82) is 5.26 Å². The Hall–Kier alpha value is -3.42. The molecule has 1 N–H and O–H groups in total. The summed E-state index contributed by atoms with van der Waals surface area (Å²) in [4.78, 5) is 12.4. The van der Waals surface area contributed by atoms with Crippen molar-refractivity contribution in [1.82, 2.24) is 5.32 Å². The largest absolute Gasteiger partial charge is 0.359 e. The second-order valence-corrected chi connectivity index (χ2v) is 6.54. The number of amides is 1. The molecule has 0 aliphatic carbocycles. The van der Waals surface area contributed by atoms with Crippen LogP contribution in [-0.4, -0.2) is 12.5 Å². The van der Waals surface area contributed by atoms with Gasteiger partial charge >= 0.3 is 0 Å². The molecule has 140 valence electrons. The van der Waals surface area contributed by atoms with Crippen LogP contribution in [0.25, 0.3) is 0 Å². The normalized spacial score (nSPS) is 11.6. The van der Waals surface area contributed by atoms with Crippen molar-refractivity contribution in [2.75, 3.05) is 6.61 Å². The average Bonchev–Trinajstić information content (AvgIpc) is 2.75. The van der Waals surface area contributed by atoms with Gasteiger partial charge in [-0.15, -0.1) is 0 Å². The van der Waals surface area contributed by atoms with Crippen molar-refractivity contribution >= 4 is 5.91 Å². The van der Waals surface area contributed by atoms with Crippen LogP contribution in [0.2, 0.25) is 0 Å². The van der Waals surface area contributed by atoms with E-state index in [0.29, 0.717) is 5.56 Å². The van der Waals surface area contributed by atoms with E-state index in [9.17, 15) is 4.79 Å². The molecule has 4 heteroatoms. The van der Waals surface area contributed by atoms with Gasteiger partial charge in [0.15, 0.2) is 0 Å². The molecule has 0 fully saturated rings. The molecule has 0 radical (unpaired) electrons. The summed E-state index contributed by atoms with van der Waals surface area (Å²) in [6, 6.07) is 28.8. The Balaban J connectivity index is 1.64. The van der Waals surface area contributed by atoms with Crippen LogP contribution in [0, 0.1) is 11.3 Å². The quantitative estimate of drug-likeness (QED) is 0.664. The maximum Gasteiger partial charge on any atom is 0.246 e. The highest BCUT2D eigenvalue weighted by Crippen LogP contribution is 2.25. The van der Waals surface area contributed by atoms with Crippen molar-refractivity contribution in [2.24, 2.45) is 0 Å². The van der Waals surface area contributed by atoms with Gasteiger partial charge in [-0.1, -0.05) is 72.8 Å². The molecule has 0 saturated heterocycles. The number of benzene rings is 3. The first-order chi connectivity index (χ1) is 13.7. The molecule has 3 rings (SSSR count). The Bertz CT molecular complexity index is 892. The molecular weight excluding hydrogens is 348 g/mol. The Labute approximate surface area is 165 Å². The third-order valence-electron chi connectivity index (χ3n) is 4.50. The summed E-state index contributed by atoms with van der Waals surface area (Å²) >= 11 is 0. The molecule has 0 spiro atoms. The number of hydrogen-bond acceptors (Lipinski definition) is 3. The van der Waals surface area contributed by atoms with Gasteiger partial charge in [-0.2, -0.15) is 5.26 Å². The Kier molecular flexibility index (Phi) is 6.56. The van der Waals surface area contributed by atoms with Gasteiger partial charge in [0, 0.05) is 0 Å². The second kappa shape index (κ2) is 9.50. The lowest BCUT2D eigenvalue weighted by atomic mass is 10.0. The number of nitrogens with one attached hydrogen (secondary N) is 1. The third-order valence-corrected chi connectivity index (χ3v) is 4.50. The molecule has 3 aromatic carbocycles. The molecule has 1 amide bonds. The zero-order valence-electron chi connectivity index (χ0n) is 15.7. The average molecular weight is 370 g/mol. The van der Waals surface area contributed by atoms with E-state index in [-0.39, 0.29) is 24.7 Å². The highest BCUT2D eigenvalue weighted by Gasteiger charge is 2.17. The van der Waals surface area contributed by atoms with Gasteiger partial charge < -0.3 is 10.1 Å². The third kappa shape index (κ3) is 5.06. The molecule has 28 heavy (non-hydrogen) atoms. The van der Waals surface area contributed by atoms with Gasteiger partial charge in [0.05, 0.1) is 17.7 Å². The van der Waals surface area contributed by atoms with Crippen LogP contribution in [0.5, 0.6) is 0 Å². The van der Waals surface area contributed by atoms with Crippen LogP contribution in [0.1, 0.15) is 41.3 Å². The fourth-order valence-corrected chi connectivity index (χ4v) is 3.01. The molecule has 0 aliphatic heterocycles. The number of rotatable bonds is 7. The summed E-state index contributed by atoms with van der Waals surface area (Å²) < 4.78 is 5.99. The molecule has 0 aliphatic rings. The molecular formula is C24H22N2O2. The molecule has 4 nitrogen and oxygen atoms in total. The molecule has 1 atom stereocenters. The molecule has 1 unspecified atom stereocenters. The molecule has 3 aromatic rings. The highest BCUT2D eigenvalue weighted by atomic mass is 16.5. The van der Waals surface area contributed by atoms with E-state index in [1.807, 2.05) is 79.7 Å². The lowest BCUT2D eigenvalue weighted by molar-refractivity contribution is -0.127. The lowest BCUT2D eigenvalue weighted by Gasteiger charge is -2.20. The molecule has 0 bridgehead atoms. The Morgan fingerprint density at radius 3 is 1.93 bits per heavy atom. The number of nitriles is 1. The van der Waals surface area contributed by atoms with Crippen LogP contribution in [0.15, 0.2) is 84.9 Å². The van der Waals surface area contributed by atoms with E-state index in [0.717, 1.165) is 16.7 Å². The van der Waals surface area contributed by atoms with Crippen LogP contribution in [0.3, 0.4) is 0 Å². The minimum absolute atomic E-state index is 0.0466. The number of nitrogens with zero attached hydrogens (tertiary/aromatic N) is 1. The topological polar surface area (TPSA) is 62.1 Å². The van der Waals surface area contributed by atoms with Gasteiger partial charge in [0.25, 0.3) is 0 Å². The first-order valence-corrected chi connectivity index (χ1v) is 9.18. The summed E-state index contributed by atoms with van der Waals surface area (Å²) in [5.74, 6) is -0.186. The summed E-state index contributed by atoms with van der Waals surface area (Å²) in [6.45, 7) is 1.86. The zero-order valence-corrected chi connectivity index (χ0v) is 15.7. The van der Waals surface area contributed by atoms with Gasteiger partial charge in [0.2, 0.25) is 5.91 Å². The van der Waals surface area contributed by atoms with E-state index >= 15 is 0 Å². The Morgan fingerprint density at radius 2 is 1.43 bits per heavy atom. The zero-order chi connectivity index (χ0) is 19.8. The van der Waals surface area contributed by atoms with Crippen molar-refractivity contribution in [3.05, 3.63) is 107 Å². The highest BCUT2D eigenvalue weighted by molar-refractivity contribution is 5.77. The predicted molar refractivity (Wildman–Crippen MR) is 108 cm³/mol. The lowest BCUT2D eigenvalue weighted by Crippen LogP contribution is -2.30. The van der Waals surface area contributed by atoms with E-state index in [1.54, 1.807) is 12.1 Å². The maximum atomic E-state index is 12.4. The van der Waals surface area contributed by atoms with Crippen LogP contribution < -0.4 is 5.32 Å². The number of carbonyl (C=O) groups excluding carboxylic acids is 1. The summed E-state index contributed by atoms with van der Waals surface area (Å²) in [6.07, 6.45) is -0.307. The first kappa shape index (κ1) is 19.3. The monoisotopic (exact) mass is 370 g/mol. The van der Waals surface area contributed by atoms with Crippen molar-refractivity contribution in [3.8, 4) is 6.07 Å². The molecule has 0 aromatic heterocycles. The smallest absolute Gasteiger partial charge is 0.246 e. The Morgan fingerprint density at radius 1 is 0.893 bits per heavy atom. The summed E-state index contributed by atoms with van der Waals surface area (Å²) in [5.41, 5.74) is 3.54. The van der Waals surface area contributed by atoms with Gasteiger partial charge in [0.1, 0.15) is 12.7 Å². The maximum absolute atomic E-state index is 12.4. The van der Waals surface area contributed by atoms with Crippen LogP contribution >= 0.6 is 0 Å². The minimum Gasteiger partial charge on any atom is -0.359 e. The van der Waals surface area contributed by atoms with Gasteiger partial charge in [-0.25, -0.2) is 0 Å². The SMILES string of the molecule is CC(NC(=O)COC(c1ccccc1)c1ccccc1)c1ccc(C#N)cc1. The number of ether oxygens (including phenoxy) is 1. The van der Waals surface area contributed by atoms with Crippen molar-refractivity contribution in [2.45, 2.75) is 19.1 Å². The minimum atomic E-state index is -0.307. The molecule has 0 heterocycles. The summed E-state index contributed by atoms with van der Waals surface area (Å²) in [5, 5.41) is 11.8. The number of carbonyl (C=O) groups is 1. The first-order valence-electron chi connectivity index (χ1n) is 9.18. The predicted octanol–water partition coefficient (Wildman–Crippen LogP) is 4.54. The fraction of sp³-hybridized carbons (Fsp3) is 0.167. The van der Waals surface area contributed by atoms with Crippen LogP contribution in [0.4, 0.5) is 0 Å². The fourth-order valence-electron chi connectivity index (χ4n) is 3.01. The van der Waals surface area contributed by atoms with E-state index in [1.165, 1.54) is 0 Å². The van der Waals surface area contributed by atoms with E-state index in [2.05, 4.69) is 11.4 Å². The van der Waals surface area contributed by atoms with Gasteiger partial charge in [-0.3, -0.25) is 4.79 Å². The van der Waals surface area contributed by atoms with Crippen molar-refractivity contribution in [3.63, 3.8) is 0 Å². The van der Waals surface area contributed by atoms with E-state index < -0.39 is 0 Å².